The first-order valence-electron chi connectivity index (χ1n) is 5.60. The van der Waals surface area contributed by atoms with Crippen LogP contribution in [0.3, 0.4) is 0 Å². The molecule has 0 heterocycles. The molecule has 0 spiro atoms. The number of primary sulfonamides is 1. The Hall–Kier alpha value is -1.01. The van der Waals surface area contributed by atoms with Crippen molar-refractivity contribution < 1.29 is 17.2 Å². The average Bonchev–Trinajstić information content (AvgIpc) is 2.13. The van der Waals surface area contributed by atoms with E-state index in [1.54, 1.807) is 12.1 Å². The van der Waals surface area contributed by atoms with Gasteiger partial charge in [0.25, 0.3) is 0 Å². The number of benzene rings is 1. The van der Waals surface area contributed by atoms with Gasteiger partial charge in [0.05, 0.1) is 4.90 Å². The molecule has 1 aromatic carbocycles. The van der Waals surface area contributed by atoms with Crippen LogP contribution in [-0.4, -0.2) is 14.3 Å². The predicted molar refractivity (Wildman–Crippen MR) is 66.1 cm³/mol. The van der Waals surface area contributed by atoms with Crippen LogP contribution < -0.4 is 5.14 Å². The second kappa shape index (κ2) is 5.32. The van der Waals surface area contributed by atoms with Crippen molar-refractivity contribution in [3.63, 3.8) is 0 Å². The van der Waals surface area contributed by atoms with Crippen molar-refractivity contribution in [1.82, 2.24) is 0 Å². The van der Waals surface area contributed by atoms with Gasteiger partial charge in [-0.25, -0.2) is 22.3 Å². The van der Waals surface area contributed by atoms with Gasteiger partial charge in [0.1, 0.15) is 0 Å². The molecule has 6 heteroatoms. The van der Waals surface area contributed by atoms with Gasteiger partial charge in [-0.3, -0.25) is 0 Å². The maximum Gasteiger partial charge on any atom is 0.245 e. The molecule has 0 fully saturated rings. The van der Waals surface area contributed by atoms with Crippen molar-refractivity contribution in [1.29, 1.82) is 0 Å². The van der Waals surface area contributed by atoms with Crippen LogP contribution in [0.15, 0.2) is 23.1 Å². The van der Waals surface area contributed by atoms with Crippen LogP contribution in [-0.2, 0) is 16.4 Å². The quantitative estimate of drug-likeness (QED) is 0.899. The van der Waals surface area contributed by atoms with Gasteiger partial charge in [-0.1, -0.05) is 17.7 Å². The van der Waals surface area contributed by atoms with E-state index in [1.165, 1.54) is 6.07 Å². The summed E-state index contributed by atoms with van der Waals surface area (Å²) in [6.45, 7) is 2.66. The van der Waals surface area contributed by atoms with Crippen molar-refractivity contribution in [2.24, 2.45) is 5.14 Å². The Kier molecular flexibility index (Phi) is 4.45. The smallest absolute Gasteiger partial charge is 0.225 e. The zero-order chi connectivity index (χ0) is 14.0. The molecule has 1 rings (SSSR count). The molecular weight excluding hydrogens is 260 g/mol. The van der Waals surface area contributed by atoms with Gasteiger partial charge < -0.3 is 0 Å². The lowest BCUT2D eigenvalue weighted by Gasteiger charge is -2.12. The first kappa shape index (κ1) is 15.0. The van der Waals surface area contributed by atoms with E-state index in [2.05, 4.69) is 0 Å². The highest BCUT2D eigenvalue weighted by Gasteiger charge is 2.21. The zero-order valence-electron chi connectivity index (χ0n) is 10.4. The van der Waals surface area contributed by atoms with E-state index in [9.17, 15) is 17.2 Å². The lowest BCUT2D eigenvalue weighted by atomic mass is 10.0. The standard InChI is InChI=1S/C12H17F2NO2S/c1-9-5-6-11(18(15,16)17)10(8-9)4-3-7-12(2,13)14/h5-6,8H,3-4,7H2,1-2H3,(H2,15,16,17). The van der Waals surface area contributed by atoms with Crippen LogP contribution in [0.4, 0.5) is 8.78 Å². The van der Waals surface area contributed by atoms with Crippen LogP contribution in [0.1, 0.15) is 30.9 Å². The molecule has 0 aliphatic heterocycles. The van der Waals surface area contributed by atoms with Gasteiger partial charge in [0, 0.05) is 6.42 Å². The number of alkyl halides is 2. The molecule has 102 valence electrons. The normalized spacial score (nSPS) is 12.7. The molecule has 0 bridgehead atoms. The number of hydrogen-bond acceptors (Lipinski definition) is 2. The SMILES string of the molecule is Cc1ccc(S(N)(=O)=O)c(CCCC(C)(F)F)c1. The number of rotatable bonds is 5. The van der Waals surface area contributed by atoms with E-state index in [-0.39, 0.29) is 24.2 Å². The number of hydrogen-bond donors (Lipinski definition) is 1. The van der Waals surface area contributed by atoms with E-state index in [4.69, 9.17) is 5.14 Å². The lowest BCUT2D eigenvalue weighted by molar-refractivity contribution is 0.0111. The second-order valence-corrected chi connectivity index (χ2v) is 6.11. The fourth-order valence-corrected chi connectivity index (χ4v) is 2.55. The summed E-state index contributed by atoms with van der Waals surface area (Å²) in [5.41, 5.74) is 1.38. The molecule has 3 nitrogen and oxygen atoms in total. The summed E-state index contributed by atoms with van der Waals surface area (Å²) in [5.74, 6) is -2.73. The molecule has 1 aromatic rings. The topological polar surface area (TPSA) is 60.2 Å². The minimum absolute atomic E-state index is 0.0209. The summed E-state index contributed by atoms with van der Waals surface area (Å²) in [4.78, 5) is 0.0209. The molecular formula is C12H17F2NO2S. The van der Waals surface area contributed by atoms with E-state index in [1.807, 2.05) is 6.92 Å². The highest BCUT2D eigenvalue weighted by atomic mass is 32.2. The van der Waals surface area contributed by atoms with E-state index < -0.39 is 15.9 Å². The van der Waals surface area contributed by atoms with E-state index in [0.717, 1.165) is 12.5 Å². The Labute approximate surface area is 106 Å². The minimum Gasteiger partial charge on any atom is -0.225 e. The molecule has 0 aliphatic rings. The highest BCUT2D eigenvalue weighted by molar-refractivity contribution is 7.89. The van der Waals surface area contributed by atoms with E-state index >= 15 is 0 Å². The molecule has 0 saturated carbocycles. The van der Waals surface area contributed by atoms with Gasteiger partial charge in [-0.05, 0) is 38.3 Å². The molecule has 0 saturated heterocycles. The van der Waals surface area contributed by atoms with Crippen LogP contribution in [0, 0.1) is 6.92 Å². The predicted octanol–water partition coefficient (Wildman–Crippen LogP) is 2.62. The Morgan fingerprint density at radius 3 is 2.44 bits per heavy atom. The fraction of sp³-hybridized carbons (Fsp3) is 0.500. The molecule has 0 aliphatic carbocycles. The molecule has 2 N–H and O–H groups in total. The van der Waals surface area contributed by atoms with Gasteiger partial charge in [-0.2, -0.15) is 0 Å². The van der Waals surface area contributed by atoms with Gasteiger partial charge in [0.15, 0.2) is 0 Å². The fourth-order valence-electron chi connectivity index (χ4n) is 1.77. The summed E-state index contributed by atoms with van der Waals surface area (Å²) in [6, 6.07) is 4.73. The van der Waals surface area contributed by atoms with Crippen molar-refractivity contribution in [2.45, 2.75) is 43.9 Å². The first-order valence-corrected chi connectivity index (χ1v) is 7.14. The third-order valence-corrected chi connectivity index (χ3v) is 3.60. The van der Waals surface area contributed by atoms with Crippen LogP contribution in [0.5, 0.6) is 0 Å². The summed E-state index contributed by atoms with van der Waals surface area (Å²) in [7, 11) is -3.80. The molecule has 18 heavy (non-hydrogen) atoms. The van der Waals surface area contributed by atoms with Crippen LogP contribution in [0.2, 0.25) is 0 Å². The summed E-state index contributed by atoms with van der Waals surface area (Å²) in [5, 5.41) is 5.09. The van der Waals surface area contributed by atoms with Crippen molar-refractivity contribution in [3.8, 4) is 0 Å². The zero-order valence-corrected chi connectivity index (χ0v) is 11.2. The van der Waals surface area contributed by atoms with Gasteiger partial charge in [0.2, 0.25) is 15.9 Å². The third kappa shape index (κ3) is 4.70. The summed E-state index contributed by atoms with van der Waals surface area (Å²) < 4.78 is 48.1. The van der Waals surface area contributed by atoms with Crippen molar-refractivity contribution in [3.05, 3.63) is 29.3 Å². The monoisotopic (exact) mass is 277 g/mol. The molecule has 0 atom stereocenters. The van der Waals surface area contributed by atoms with Crippen molar-refractivity contribution >= 4 is 10.0 Å². The maximum absolute atomic E-state index is 12.7. The van der Waals surface area contributed by atoms with E-state index in [0.29, 0.717) is 5.56 Å². The maximum atomic E-state index is 12.7. The summed E-state index contributed by atoms with van der Waals surface area (Å²) in [6.07, 6.45) is 0.220. The Morgan fingerprint density at radius 2 is 1.94 bits per heavy atom. The minimum atomic E-state index is -3.80. The molecule has 0 aromatic heterocycles. The Bertz CT molecular complexity index is 521. The average molecular weight is 277 g/mol. The Balaban J connectivity index is 2.91. The largest absolute Gasteiger partial charge is 0.245 e. The van der Waals surface area contributed by atoms with Crippen LogP contribution >= 0.6 is 0 Å². The second-order valence-electron chi connectivity index (χ2n) is 4.58. The first-order chi connectivity index (χ1) is 8.09. The Morgan fingerprint density at radius 1 is 1.33 bits per heavy atom. The third-order valence-electron chi connectivity index (χ3n) is 2.58. The molecule has 0 radical (unpaired) electrons. The van der Waals surface area contributed by atoms with Gasteiger partial charge in [-0.15, -0.1) is 0 Å². The lowest BCUT2D eigenvalue weighted by Crippen LogP contribution is -2.15. The molecule has 0 unspecified atom stereocenters. The number of halogens is 2. The number of sulfonamides is 1. The highest BCUT2D eigenvalue weighted by Crippen LogP contribution is 2.23. The van der Waals surface area contributed by atoms with Crippen LogP contribution in [0.25, 0.3) is 0 Å². The molecule has 0 amide bonds. The number of nitrogens with two attached hydrogens (primary N) is 1. The van der Waals surface area contributed by atoms with Gasteiger partial charge >= 0.3 is 0 Å². The van der Waals surface area contributed by atoms with Crippen molar-refractivity contribution in [2.75, 3.05) is 0 Å². The summed E-state index contributed by atoms with van der Waals surface area (Å²) >= 11 is 0. The number of aryl methyl sites for hydroxylation is 2.